The Hall–Kier alpha value is -5.10. The van der Waals surface area contributed by atoms with Crippen molar-refractivity contribution in [2.45, 2.75) is 32.1 Å². The molecule has 21 heteroatoms. The number of ether oxygens (including phenoxy) is 8. The van der Waals surface area contributed by atoms with E-state index in [-0.39, 0.29) is 105 Å². The van der Waals surface area contributed by atoms with Crippen LogP contribution >= 0.6 is 0 Å². The summed E-state index contributed by atoms with van der Waals surface area (Å²) in [6.45, 7) is 24.6. The van der Waals surface area contributed by atoms with E-state index in [4.69, 9.17) is 64.1 Å². The first-order valence-electron chi connectivity index (χ1n) is 20.5. The number of aliphatic hydroxyl groups excluding tert-OH is 2. The highest BCUT2D eigenvalue weighted by atomic mass is 16.6. The molecule has 0 aliphatic rings. The quantitative estimate of drug-likeness (QED) is 0.0149. The number of carbonyl (C=O) groups excluding carboxylic acids is 4. The Balaban J connectivity index is -0.000000515. The molecule has 0 aromatic heterocycles. The van der Waals surface area contributed by atoms with E-state index in [1.165, 1.54) is 0 Å². The van der Waals surface area contributed by atoms with Crippen molar-refractivity contribution in [1.29, 1.82) is 0 Å². The minimum Gasteiger partial charge on any atom is -0.481 e. The lowest BCUT2D eigenvalue weighted by atomic mass is 9.92. The van der Waals surface area contributed by atoms with Crippen LogP contribution in [0.3, 0.4) is 0 Å². The van der Waals surface area contributed by atoms with E-state index >= 15 is 0 Å². The van der Waals surface area contributed by atoms with E-state index in [2.05, 4.69) is 50.1 Å². The third-order valence-corrected chi connectivity index (χ3v) is 7.47. The van der Waals surface area contributed by atoms with Gasteiger partial charge in [0.15, 0.2) is 0 Å². The van der Waals surface area contributed by atoms with Gasteiger partial charge in [0.1, 0.15) is 26.4 Å². The van der Waals surface area contributed by atoms with Gasteiger partial charge in [-0.05, 0) is 25.9 Å². The molecule has 65 heavy (non-hydrogen) atoms. The Labute approximate surface area is 383 Å². The zero-order valence-corrected chi connectivity index (χ0v) is 38.1. The Morgan fingerprint density at radius 2 is 0.892 bits per heavy atom. The van der Waals surface area contributed by atoms with Gasteiger partial charge in [0.2, 0.25) is 0 Å². The van der Waals surface area contributed by atoms with Gasteiger partial charge in [-0.25, -0.2) is 14.4 Å². The Bertz CT molecular complexity index is 1310. The summed E-state index contributed by atoms with van der Waals surface area (Å²) in [5, 5.41) is 38.3. The van der Waals surface area contributed by atoms with E-state index in [0.29, 0.717) is 32.8 Å². The van der Waals surface area contributed by atoms with Gasteiger partial charge < -0.3 is 74.7 Å². The normalized spacial score (nSPS) is 11.1. The van der Waals surface area contributed by atoms with E-state index < -0.39 is 46.6 Å². The summed E-state index contributed by atoms with van der Waals surface area (Å²) in [5.41, 5.74) is 3.06. The highest BCUT2D eigenvalue weighted by molar-refractivity contribution is 5.82. The molecule has 0 bridgehead atoms. The van der Waals surface area contributed by atoms with Gasteiger partial charge in [-0.2, -0.15) is 0 Å². The van der Waals surface area contributed by atoms with Gasteiger partial charge in [0.25, 0.3) is 0 Å². The second-order valence-electron chi connectivity index (χ2n) is 13.3. The summed E-state index contributed by atoms with van der Waals surface area (Å²) < 4.78 is 43.2. The molecule has 8 N–H and O–H groups in total. The molecule has 0 fully saturated rings. The van der Waals surface area contributed by atoms with Crippen molar-refractivity contribution >= 4 is 35.8 Å². The second-order valence-corrected chi connectivity index (χ2v) is 13.3. The number of carbonyl (C=O) groups is 6. The number of carboxylic acid groups (broad SMARTS) is 2. The van der Waals surface area contributed by atoms with Crippen LogP contribution in [0, 0.1) is 10.8 Å². The summed E-state index contributed by atoms with van der Waals surface area (Å²) in [6.07, 6.45) is 9.38. The average Bonchev–Trinajstić information content (AvgIpc) is 3.30. The molecule has 0 saturated carbocycles. The molecule has 0 saturated heterocycles. The monoisotopic (exact) mass is 934 g/mol. The van der Waals surface area contributed by atoms with Crippen molar-refractivity contribution < 1.29 is 87.1 Å². The van der Waals surface area contributed by atoms with Gasteiger partial charge in [0, 0.05) is 58.2 Å². The predicted octanol–water partition coefficient (Wildman–Crippen LogP) is 1.15. The van der Waals surface area contributed by atoms with E-state index in [1.807, 2.05) is 0 Å². The van der Waals surface area contributed by atoms with E-state index in [0.717, 1.165) is 38.3 Å². The summed E-state index contributed by atoms with van der Waals surface area (Å²) in [7, 11) is 1.00. The summed E-state index contributed by atoms with van der Waals surface area (Å²) in [4.78, 5) is 66.6. The SMILES string of the molecule is C=CCOCC(COCC=C)(COC(=O)C=C)COC(=O)C=C.C=CCOCC(COCCCNCCCO)(COC(=O)C=C)COC(=O)CCNCCC(=O)O.CO.NCCC(=O)O. The molecule has 0 aliphatic heterocycles. The Morgan fingerprint density at radius 1 is 0.523 bits per heavy atom. The maximum atomic E-state index is 12.2. The third-order valence-electron chi connectivity index (χ3n) is 7.47. The molecule has 0 aromatic rings. The summed E-state index contributed by atoms with van der Waals surface area (Å²) in [6, 6.07) is 0. The molecule has 0 amide bonds. The molecule has 0 heterocycles. The fraction of sp³-hybridized carbons (Fsp3) is 0.591. The maximum absolute atomic E-state index is 12.2. The number of hydrogen-bond acceptors (Lipinski definition) is 19. The molecule has 0 radical (unpaired) electrons. The minimum atomic E-state index is -0.932. The molecular weight excluding hydrogens is 858 g/mol. The minimum absolute atomic E-state index is 0.0399. The van der Waals surface area contributed by atoms with Gasteiger partial charge in [-0.15, -0.1) is 19.7 Å². The number of nitrogens with two attached hydrogens (primary N) is 1. The number of hydrogen-bond donors (Lipinski definition) is 7. The first-order valence-corrected chi connectivity index (χ1v) is 20.5. The van der Waals surface area contributed by atoms with Crippen LogP contribution in [0.4, 0.5) is 0 Å². The van der Waals surface area contributed by atoms with Crippen molar-refractivity contribution in [3.05, 3.63) is 75.9 Å². The van der Waals surface area contributed by atoms with Crippen molar-refractivity contribution in [1.82, 2.24) is 10.6 Å². The highest BCUT2D eigenvalue weighted by Crippen LogP contribution is 2.23. The van der Waals surface area contributed by atoms with Gasteiger partial charge in [-0.3, -0.25) is 14.4 Å². The van der Waals surface area contributed by atoms with Crippen molar-refractivity contribution in [2.24, 2.45) is 16.6 Å². The molecular formula is C44H75N3O18. The number of aliphatic carboxylic acids is 2. The number of esters is 4. The fourth-order valence-corrected chi connectivity index (χ4v) is 4.28. The highest BCUT2D eigenvalue weighted by Gasteiger charge is 2.36. The summed E-state index contributed by atoms with van der Waals surface area (Å²) >= 11 is 0. The van der Waals surface area contributed by atoms with Crippen LogP contribution in [0.25, 0.3) is 0 Å². The standard InChI is InChI=1S/C23H40N2O9.C17H24O6.C3H7NO2.CH4O/c1-3-14-31-16-23(18-33-21(29)4-2,17-32-15-6-10-24-9-5-13-26)19-34-22(30)8-12-25-11-7-20(27)28;1-5-9-20-11-17(12-21-10-6-2,13-22-15(18)7-3)14-23-16(19)8-4;4-2-1-3(5)6;1-2/h3-4,24-26H,1-2,5-19H2,(H,27,28);5-8H,1-4,9-14H2;1-2,4H2,(H,5,6);2H,1H3. The Morgan fingerprint density at radius 3 is 1.25 bits per heavy atom. The molecule has 1 unspecified atom stereocenters. The van der Waals surface area contributed by atoms with Crippen LogP contribution in [-0.4, -0.2) is 182 Å². The fourth-order valence-electron chi connectivity index (χ4n) is 4.28. The molecule has 374 valence electrons. The molecule has 0 aliphatic carbocycles. The number of carboxylic acids is 2. The van der Waals surface area contributed by atoms with Gasteiger partial charge >= 0.3 is 35.8 Å². The predicted molar refractivity (Wildman–Crippen MR) is 242 cm³/mol. The molecule has 0 aromatic carbocycles. The summed E-state index contributed by atoms with van der Waals surface area (Å²) in [5.74, 6) is -4.03. The van der Waals surface area contributed by atoms with Gasteiger partial charge in [0.05, 0.1) is 76.3 Å². The first-order chi connectivity index (χ1) is 31.2. The van der Waals surface area contributed by atoms with Gasteiger partial charge in [-0.1, -0.05) is 38.0 Å². The number of rotatable bonds is 40. The zero-order chi connectivity index (χ0) is 50.0. The van der Waals surface area contributed by atoms with Crippen LogP contribution in [0.1, 0.15) is 32.1 Å². The van der Waals surface area contributed by atoms with Crippen LogP contribution in [-0.2, 0) is 66.7 Å². The average molecular weight is 934 g/mol. The molecule has 0 spiro atoms. The molecule has 21 nitrogen and oxygen atoms in total. The maximum Gasteiger partial charge on any atom is 0.330 e. The zero-order valence-electron chi connectivity index (χ0n) is 38.1. The van der Waals surface area contributed by atoms with Crippen molar-refractivity contribution in [2.75, 3.05) is 126 Å². The Kier molecular flexibility index (Phi) is 49.5. The van der Waals surface area contributed by atoms with Crippen LogP contribution in [0.15, 0.2) is 75.9 Å². The van der Waals surface area contributed by atoms with Crippen molar-refractivity contribution in [3.63, 3.8) is 0 Å². The third kappa shape index (κ3) is 45.3. The lowest BCUT2D eigenvalue weighted by Gasteiger charge is -2.32. The molecule has 0 rings (SSSR count). The second kappa shape index (κ2) is 48.4. The number of nitrogens with one attached hydrogen (secondary N) is 2. The van der Waals surface area contributed by atoms with Crippen molar-refractivity contribution in [3.8, 4) is 0 Å². The molecule has 1 atom stereocenters. The van der Waals surface area contributed by atoms with Crippen LogP contribution in [0.5, 0.6) is 0 Å². The lowest BCUT2D eigenvalue weighted by Crippen LogP contribution is -2.43. The topological polar surface area (TPSA) is 307 Å². The van der Waals surface area contributed by atoms with Crippen LogP contribution in [0.2, 0.25) is 0 Å². The first kappa shape index (κ1) is 66.5. The van der Waals surface area contributed by atoms with E-state index in [9.17, 15) is 28.8 Å². The van der Waals surface area contributed by atoms with Crippen LogP contribution < -0.4 is 16.4 Å². The smallest absolute Gasteiger partial charge is 0.330 e. The number of aliphatic hydroxyl groups is 2. The lowest BCUT2D eigenvalue weighted by molar-refractivity contribution is -0.160. The largest absolute Gasteiger partial charge is 0.481 e. The van der Waals surface area contributed by atoms with E-state index in [1.54, 1.807) is 18.2 Å².